The lowest BCUT2D eigenvalue weighted by atomic mass is 10.0. The van der Waals surface area contributed by atoms with Crippen molar-refractivity contribution in [1.29, 1.82) is 0 Å². The number of benzene rings is 4. The van der Waals surface area contributed by atoms with Gasteiger partial charge in [0, 0.05) is 0 Å². The van der Waals surface area contributed by atoms with E-state index in [2.05, 4.69) is 84.9 Å². The predicted octanol–water partition coefficient (Wildman–Crippen LogP) is 8.90. The van der Waals surface area contributed by atoms with Crippen molar-refractivity contribution in [2.24, 2.45) is 0 Å². The van der Waals surface area contributed by atoms with Gasteiger partial charge in [-0.25, -0.2) is 0 Å². The molecule has 0 fully saturated rings. The molecule has 0 amide bonds. The minimum Gasteiger partial charge on any atom is -0.0616 e. The summed E-state index contributed by atoms with van der Waals surface area (Å²) in [5.41, 5.74) is 2.98. The molecule has 30 heavy (non-hydrogen) atoms. The Hall–Kier alpha value is -2.60. The van der Waals surface area contributed by atoms with E-state index in [1.165, 1.54) is 96.9 Å². The van der Waals surface area contributed by atoms with Crippen molar-refractivity contribution < 1.29 is 0 Å². The second-order valence-corrected chi connectivity index (χ2v) is 8.69. The summed E-state index contributed by atoms with van der Waals surface area (Å²) in [6, 6.07) is 31.2. The largest absolute Gasteiger partial charge is 0.0616 e. The summed E-state index contributed by atoms with van der Waals surface area (Å²) >= 11 is 0. The van der Waals surface area contributed by atoms with Crippen LogP contribution in [0.4, 0.5) is 0 Å². The number of fused-ring (bicyclic) bond motifs is 2. The van der Waals surface area contributed by atoms with E-state index < -0.39 is 0 Å². The van der Waals surface area contributed by atoms with Crippen molar-refractivity contribution in [3.63, 3.8) is 0 Å². The molecule has 0 saturated heterocycles. The fourth-order valence-corrected chi connectivity index (χ4v) is 4.51. The first kappa shape index (κ1) is 20.7. The van der Waals surface area contributed by atoms with Gasteiger partial charge in [0.05, 0.1) is 0 Å². The van der Waals surface area contributed by atoms with E-state index in [1.54, 1.807) is 0 Å². The zero-order valence-corrected chi connectivity index (χ0v) is 18.2. The van der Waals surface area contributed by atoms with Crippen LogP contribution in [0.25, 0.3) is 21.5 Å². The first-order valence-corrected chi connectivity index (χ1v) is 11.8. The minimum absolute atomic E-state index is 1.22. The van der Waals surface area contributed by atoms with Crippen molar-refractivity contribution in [2.45, 2.75) is 64.2 Å². The van der Waals surface area contributed by atoms with Gasteiger partial charge in [0.1, 0.15) is 0 Å². The smallest absolute Gasteiger partial charge is 0.0181 e. The van der Waals surface area contributed by atoms with Gasteiger partial charge in [-0.3, -0.25) is 0 Å². The zero-order chi connectivity index (χ0) is 20.4. The molecule has 0 aliphatic rings. The Balaban J connectivity index is 1.05. The summed E-state index contributed by atoms with van der Waals surface area (Å²) in [6.07, 6.45) is 13.4. The third kappa shape index (κ3) is 5.95. The number of aryl methyl sites for hydroxylation is 2. The van der Waals surface area contributed by atoms with Crippen LogP contribution in [0.3, 0.4) is 0 Å². The van der Waals surface area contributed by atoms with Gasteiger partial charge in [-0.2, -0.15) is 0 Å². The minimum atomic E-state index is 1.22. The van der Waals surface area contributed by atoms with Crippen LogP contribution in [0.1, 0.15) is 62.5 Å². The quantitative estimate of drug-likeness (QED) is 0.223. The molecule has 0 unspecified atom stereocenters. The van der Waals surface area contributed by atoms with Crippen LogP contribution in [0.2, 0.25) is 0 Å². The lowest BCUT2D eigenvalue weighted by Crippen LogP contribution is -1.88. The van der Waals surface area contributed by atoms with E-state index in [-0.39, 0.29) is 0 Å². The average molecular weight is 395 g/mol. The van der Waals surface area contributed by atoms with Crippen molar-refractivity contribution in [1.82, 2.24) is 0 Å². The summed E-state index contributed by atoms with van der Waals surface area (Å²) < 4.78 is 0. The SMILES string of the molecule is c1ccc2cc(CCCCCCCCCCc3ccc4ccccc4c3)ccc2c1. The fourth-order valence-electron chi connectivity index (χ4n) is 4.51. The maximum atomic E-state index is 2.37. The van der Waals surface area contributed by atoms with Crippen LogP contribution >= 0.6 is 0 Å². The molecule has 0 bridgehead atoms. The van der Waals surface area contributed by atoms with Crippen LogP contribution in [-0.2, 0) is 12.8 Å². The van der Waals surface area contributed by atoms with E-state index in [0.29, 0.717) is 0 Å². The van der Waals surface area contributed by atoms with Crippen LogP contribution in [0.15, 0.2) is 84.9 Å². The standard InChI is InChI=1S/C30H34/c1(3-5-7-13-25-19-21-27-15-9-11-17-29(27)23-25)2-4-6-8-14-26-20-22-28-16-10-12-18-30(28)24-26/h9-12,15-24H,1-8,13-14H2. The lowest BCUT2D eigenvalue weighted by Gasteiger charge is -2.06. The highest BCUT2D eigenvalue weighted by atomic mass is 14.0. The molecule has 4 aromatic carbocycles. The van der Waals surface area contributed by atoms with E-state index in [1.807, 2.05) is 0 Å². The summed E-state index contributed by atoms with van der Waals surface area (Å²) in [5, 5.41) is 5.45. The van der Waals surface area contributed by atoms with Crippen molar-refractivity contribution >= 4 is 21.5 Å². The van der Waals surface area contributed by atoms with Crippen LogP contribution in [-0.4, -0.2) is 0 Å². The highest BCUT2D eigenvalue weighted by Gasteiger charge is 1.99. The molecule has 0 saturated carbocycles. The van der Waals surface area contributed by atoms with Crippen LogP contribution in [0.5, 0.6) is 0 Å². The molecular formula is C30H34. The monoisotopic (exact) mass is 394 g/mol. The van der Waals surface area contributed by atoms with Crippen molar-refractivity contribution in [2.75, 3.05) is 0 Å². The third-order valence-electron chi connectivity index (χ3n) is 6.31. The Labute approximate surface area is 182 Å². The normalized spacial score (nSPS) is 11.3. The molecule has 0 aliphatic heterocycles. The van der Waals surface area contributed by atoms with Gasteiger partial charge in [-0.15, -0.1) is 0 Å². The summed E-state index contributed by atoms with van der Waals surface area (Å²) in [5.74, 6) is 0. The molecule has 154 valence electrons. The van der Waals surface area contributed by atoms with E-state index in [9.17, 15) is 0 Å². The Morgan fingerprint density at radius 3 is 1.13 bits per heavy atom. The first-order valence-electron chi connectivity index (χ1n) is 11.8. The van der Waals surface area contributed by atoms with Gasteiger partial charge < -0.3 is 0 Å². The van der Waals surface area contributed by atoms with Crippen LogP contribution < -0.4 is 0 Å². The Kier molecular flexibility index (Phi) is 7.56. The molecule has 4 aromatic rings. The molecule has 0 nitrogen and oxygen atoms in total. The highest BCUT2D eigenvalue weighted by Crippen LogP contribution is 2.19. The third-order valence-corrected chi connectivity index (χ3v) is 6.31. The van der Waals surface area contributed by atoms with Gasteiger partial charge >= 0.3 is 0 Å². The molecule has 0 heteroatoms. The summed E-state index contributed by atoms with van der Waals surface area (Å²) in [4.78, 5) is 0. The molecule has 0 radical (unpaired) electrons. The van der Waals surface area contributed by atoms with Gasteiger partial charge in [0.15, 0.2) is 0 Å². The molecule has 0 heterocycles. The fraction of sp³-hybridized carbons (Fsp3) is 0.333. The van der Waals surface area contributed by atoms with Gasteiger partial charge in [0.25, 0.3) is 0 Å². The lowest BCUT2D eigenvalue weighted by molar-refractivity contribution is 0.567. The molecule has 0 aromatic heterocycles. The van der Waals surface area contributed by atoms with Crippen molar-refractivity contribution in [3.8, 4) is 0 Å². The zero-order valence-electron chi connectivity index (χ0n) is 18.2. The Bertz CT molecular complexity index is 972. The topological polar surface area (TPSA) is 0 Å². The number of unbranched alkanes of at least 4 members (excludes halogenated alkanes) is 7. The molecule has 0 atom stereocenters. The highest BCUT2D eigenvalue weighted by molar-refractivity contribution is 5.83. The molecule has 0 spiro atoms. The number of hydrogen-bond acceptors (Lipinski definition) is 0. The Morgan fingerprint density at radius 2 is 0.700 bits per heavy atom. The van der Waals surface area contributed by atoms with E-state index in [4.69, 9.17) is 0 Å². The molecule has 4 rings (SSSR count). The Morgan fingerprint density at radius 1 is 0.333 bits per heavy atom. The van der Waals surface area contributed by atoms with E-state index >= 15 is 0 Å². The number of hydrogen-bond donors (Lipinski definition) is 0. The summed E-state index contributed by atoms with van der Waals surface area (Å²) in [6.45, 7) is 0. The van der Waals surface area contributed by atoms with Gasteiger partial charge in [0.2, 0.25) is 0 Å². The van der Waals surface area contributed by atoms with Gasteiger partial charge in [-0.05, 0) is 58.4 Å². The molecule has 0 aliphatic carbocycles. The van der Waals surface area contributed by atoms with Gasteiger partial charge in [-0.1, -0.05) is 123 Å². The second kappa shape index (κ2) is 11.0. The second-order valence-electron chi connectivity index (χ2n) is 8.69. The maximum absolute atomic E-state index is 2.37. The first-order chi connectivity index (χ1) is 14.9. The van der Waals surface area contributed by atoms with Crippen LogP contribution in [0, 0.1) is 0 Å². The average Bonchev–Trinajstić information content (AvgIpc) is 2.80. The maximum Gasteiger partial charge on any atom is -0.0181 e. The van der Waals surface area contributed by atoms with E-state index in [0.717, 1.165) is 0 Å². The van der Waals surface area contributed by atoms with Crippen molar-refractivity contribution in [3.05, 3.63) is 96.1 Å². The molecule has 0 N–H and O–H groups in total. The number of rotatable bonds is 11. The molecular weight excluding hydrogens is 360 g/mol. The summed E-state index contributed by atoms with van der Waals surface area (Å²) in [7, 11) is 0. The predicted molar refractivity (Wildman–Crippen MR) is 132 cm³/mol.